The van der Waals surface area contributed by atoms with E-state index in [0.717, 1.165) is 61.0 Å². The van der Waals surface area contributed by atoms with Gasteiger partial charge in [0.05, 0.1) is 11.9 Å². The number of nitrogens with zero attached hydrogens (tertiary/aromatic N) is 1. The average molecular weight is 324 g/mol. The molecule has 1 aromatic carbocycles. The van der Waals surface area contributed by atoms with Crippen LogP contribution in [-0.4, -0.2) is 22.5 Å². The number of carbonyl (C=O) groups excluding carboxylic acids is 1. The molecule has 4 N–H and O–H groups in total. The zero-order valence-corrected chi connectivity index (χ0v) is 13.8. The van der Waals surface area contributed by atoms with Crippen molar-refractivity contribution in [3.63, 3.8) is 0 Å². The summed E-state index contributed by atoms with van der Waals surface area (Å²) in [7, 11) is 0. The predicted octanol–water partition coefficient (Wildman–Crippen LogP) is 3.72. The number of allylic oxidation sites excluding steroid dienone is 1. The summed E-state index contributed by atoms with van der Waals surface area (Å²) in [5.41, 5.74) is 9.39. The van der Waals surface area contributed by atoms with Crippen LogP contribution in [0.2, 0.25) is 0 Å². The number of rotatable bonds is 10. The molecule has 0 aliphatic carbocycles. The number of unbranched alkanes of at least 4 members (excludes halogenated alkanes) is 4. The molecule has 126 valence electrons. The fourth-order valence-electron chi connectivity index (χ4n) is 2.56. The zero-order valence-electron chi connectivity index (χ0n) is 13.8. The number of aromatic amines is 1. The highest BCUT2D eigenvalue weighted by atomic mass is 16.1. The standard InChI is InChI=1S/C19H24N4O/c20-11-10-17(21)15-7-6-8-16(13-15)18-14-22-19(23-18)9-4-2-1-3-5-12-24/h6-8,10-14,20H,1-5,9,21H2,(H,22,23). The highest BCUT2D eigenvalue weighted by Crippen LogP contribution is 2.21. The Morgan fingerprint density at radius 2 is 2.08 bits per heavy atom. The van der Waals surface area contributed by atoms with Gasteiger partial charge in [-0.15, -0.1) is 0 Å². The Kier molecular flexibility index (Phi) is 6.95. The van der Waals surface area contributed by atoms with Crippen LogP contribution in [0.5, 0.6) is 0 Å². The zero-order chi connectivity index (χ0) is 17.2. The summed E-state index contributed by atoms with van der Waals surface area (Å²) in [5.74, 6) is 0.980. The maximum absolute atomic E-state index is 10.3. The third-order valence-electron chi connectivity index (χ3n) is 3.88. The van der Waals surface area contributed by atoms with Crippen LogP contribution >= 0.6 is 0 Å². The van der Waals surface area contributed by atoms with Crippen molar-refractivity contribution in [1.82, 2.24) is 9.97 Å². The van der Waals surface area contributed by atoms with Crippen LogP contribution in [0.4, 0.5) is 0 Å². The van der Waals surface area contributed by atoms with Crippen LogP contribution in [0.15, 0.2) is 36.5 Å². The summed E-state index contributed by atoms with van der Waals surface area (Å²) in [6.07, 6.45) is 11.4. The van der Waals surface area contributed by atoms with Gasteiger partial charge in [-0.25, -0.2) is 4.98 Å². The van der Waals surface area contributed by atoms with Crippen LogP contribution < -0.4 is 5.73 Å². The first-order chi connectivity index (χ1) is 11.7. The Bertz CT molecular complexity index is 703. The first-order valence-electron chi connectivity index (χ1n) is 8.29. The molecule has 2 rings (SSSR count). The van der Waals surface area contributed by atoms with Gasteiger partial charge in [0.1, 0.15) is 12.1 Å². The second-order valence-electron chi connectivity index (χ2n) is 5.73. The van der Waals surface area contributed by atoms with Gasteiger partial charge in [-0.05, 0) is 30.5 Å². The van der Waals surface area contributed by atoms with Gasteiger partial charge in [-0.1, -0.05) is 31.0 Å². The van der Waals surface area contributed by atoms with E-state index < -0.39 is 0 Å². The van der Waals surface area contributed by atoms with Crippen LogP contribution in [-0.2, 0) is 11.2 Å². The largest absolute Gasteiger partial charge is 0.398 e. The summed E-state index contributed by atoms with van der Waals surface area (Å²) >= 11 is 0. The van der Waals surface area contributed by atoms with E-state index in [1.54, 1.807) is 6.08 Å². The number of nitrogens with two attached hydrogens (primary N) is 1. The number of hydrogen-bond acceptors (Lipinski definition) is 4. The molecule has 0 radical (unpaired) electrons. The molecule has 0 saturated heterocycles. The molecule has 0 unspecified atom stereocenters. The molecular formula is C19H24N4O. The van der Waals surface area contributed by atoms with Crippen molar-refractivity contribution in [1.29, 1.82) is 5.41 Å². The second-order valence-corrected chi connectivity index (χ2v) is 5.73. The lowest BCUT2D eigenvalue weighted by molar-refractivity contribution is -0.107. The van der Waals surface area contributed by atoms with E-state index in [-0.39, 0.29) is 0 Å². The van der Waals surface area contributed by atoms with Crippen molar-refractivity contribution < 1.29 is 4.79 Å². The minimum Gasteiger partial charge on any atom is -0.398 e. The first kappa shape index (κ1) is 17.7. The van der Waals surface area contributed by atoms with Crippen molar-refractivity contribution in [2.24, 2.45) is 5.73 Å². The van der Waals surface area contributed by atoms with E-state index >= 15 is 0 Å². The number of nitrogens with one attached hydrogen (secondary N) is 2. The molecule has 0 saturated carbocycles. The molecule has 0 aliphatic rings. The highest BCUT2D eigenvalue weighted by Gasteiger charge is 2.05. The molecule has 0 aliphatic heterocycles. The summed E-state index contributed by atoms with van der Waals surface area (Å²) < 4.78 is 0. The van der Waals surface area contributed by atoms with Gasteiger partial charge in [-0.3, -0.25) is 0 Å². The number of carbonyl (C=O) groups is 1. The van der Waals surface area contributed by atoms with Crippen molar-refractivity contribution in [2.75, 3.05) is 0 Å². The number of H-pyrrole nitrogens is 1. The first-order valence-corrected chi connectivity index (χ1v) is 8.29. The molecule has 0 fully saturated rings. The van der Waals surface area contributed by atoms with Gasteiger partial charge in [-0.2, -0.15) is 0 Å². The Hall–Kier alpha value is -2.69. The van der Waals surface area contributed by atoms with Crippen LogP contribution in [0, 0.1) is 5.41 Å². The van der Waals surface area contributed by atoms with Gasteiger partial charge in [0.2, 0.25) is 0 Å². The minimum absolute atomic E-state index is 0.571. The van der Waals surface area contributed by atoms with E-state index in [0.29, 0.717) is 12.1 Å². The van der Waals surface area contributed by atoms with Crippen LogP contribution in [0.1, 0.15) is 43.5 Å². The Balaban J connectivity index is 1.95. The molecular weight excluding hydrogens is 300 g/mol. The summed E-state index contributed by atoms with van der Waals surface area (Å²) in [4.78, 5) is 18.1. The molecule has 5 heteroatoms. The second kappa shape index (κ2) is 9.45. The summed E-state index contributed by atoms with van der Waals surface area (Å²) in [5, 5.41) is 7.11. The van der Waals surface area contributed by atoms with E-state index in [4.69, 9.17) is 11.1 Å². The maximum atomic E-state index is 10.3. The monoisotopic (exact) mass is 324 g/mol. The topological polar surface area (TPSA) is 95.6 Å². The molecule has 0 bridgehead atoms. The Labute approximate surface area is 142 Å². The molecule has 2 aromatic rings. The number of benzene rings is 1. The molecule has 1 aromatic heterocycles. The Morgan fingerprint density at radius 1 is 1.25 bits per heavy atom. The van der Waals surface area contributed by atoms with Gasteiger partial charge >= 0.3 is 0 Å². The molecule has 0 atom stereocenters. The van der Waals surface area contributed by atoms with Gasteiger partial charge in [0.15, 0.2) is 0 Å². The summed E-state index contributed by atoms with van der Waals surface area (Å²) in [6.45, 7) is 0. The highest BCUT2D eigenvalue weighted by molar-refractivity contribution is 5.82. The SMILES string of the molecule is N=CC=C(N)c1cccc(-c2cnc(CCCCCCC=O)[nH]2)c1. The lowest BCUT2D eigenvalue weighted by Gasteiger charge is -2.04. The van der Waals surface area contributed by atoms with Crippen molar-refractivity contribution in [2.45, 2.75) is 38.5 Å². The minimum atomic E-state index is 0.571. The number of aryl methyl sites for hydroxylation is 1. The predicted molar refractivity (Wildman–Crippen MR) is 97.8 cm³/mol. The Morgan fingerprint density at radius 3 is 2.88 bits per heavy atom. The quantitative estimate of drug-likeness (QED) is 0.353. The normalized spacial score (nSPS) is 11.4. The number of hydrogen-bond donors (Lipinski definition) is 3. The molecule has 0 spiro atoms. The summed E-state index contributed by atoms with van der Waals surface area (Å²) in [6, 6.07) is 7.88. The average Bonchev–Trinajstić information content (AvgIpc) is 3.07. The lowest BCUT2D eigenvalue weighted by Crippen LogP contribution is -1.96. The lowest BCUT2D eigenvalue weighted by atomic mass is 10.1. The van der Waals surface area contributed by atoms with Gasteiger partial charge < -0.3 is 20.9 Å². The maximum Gasteiger partial charge on any atom is 0.119 e. The van der Waals surface area contributed by atoms with E-state index in [1.165, 1.54) is 6.21 Å². The molecule has 0 amide bonds. The molecule has 24 heavy (non-hydrogen) atoms. The third-order valence-corrected chi connectivity index (χ3v) is 3.88. The number of aromatic nitrogens is 2. The number of aldehydes is 1. The molecule has 5 nitrogen and oxygen atoms in total. The van der Waals surface area contributed by atoms with Crippen molar-refractivity contribution in [3.8, 4) is 11.3 Å². The van der Waals surface area contributed by atoms with Gasteiger partial charge in [0.25, 0.3) is 0 Å². The van der Waals surface area contributed by atoms with Crippen molar-refractivity contribution in [3.05, 3.63) is 47.9 Å². The number of imidazole rings is 1. The van der Waals surface area contributed by atoms with E-state index in [9.17, 15) is 4.79 Å². The van der Waals surface area contributed by atoms with Crippen molar-refractivity contribution >= 4 is 18.2 Å². The van der Waals surface area contributed by atoms with Crippen LogP contribution in [0.3, 0.4) is 0 Å². The van der Waals surface area contributed by atoms with E-state index in [1.807, 2.05) is 30.5 Å². The smallest absolute Gasteiger partial charge is 0.119 e. The fourth-order valence-corrected chi connectivity index (χ4v) is 2.56. The molecule has 1 heterocycles. The van der Waals surface area contributed by atoms with Gasteiger partial charge in [0, 0.05) is 30.3 Å². The van der Waals surface area contributed by atoms with E-state index in [2.05, 4.69) is 9.97 Å². The third kappa shape index (κ3) is 5.19. The van der Waals surface area contributed by atoms with Crippen LogP contribution in [0.25, 0.3) is 17.0 Å². The fraction of sp³-hybridized carbons (Fsp3) is 0.316.